The number of nitrogens with zero attached hydrogens (tertiary/aromatic N) is 7. The number of benzene rings is 1. The predicted octanol–water partition coefficient (Wildman–Crippen LogP) is 4.27. The van der Waals surface area contributed by atoms with Gasteiger partial charge >= 0.3 is 6.01 Å². The number of hydrogen-bond donors (Lipinski definition) is 0. The highest BCUT2D eigenvalue weighted by Gasteiger charge is 2.21. The standard InChI is InChI=1S/C24H19N7OS/c1-16-3-8-21-23(28-16)33-22(29-21)19(13-25)20-9-11-26-24(30-20)32-15-18-6-4-17(5-7-18)14-31-12-2-10-27-31/h2-12,19H,14-15H2,1H3. The zero-order chi connectivity index (χ0) is 22.6. The first-order valence-corrected chi connectivity index (χ1v) is 11.1. The Morgan fingerprint density at radius 3 is 2.67 bits per heavy atom. The van der Waals surface area contributed by atoms with Gasteiger partial charge < -0.3 is 4.74 Å². The van der Waals surface area contributed by atoms with Crippen LogP contribution in [0.1, 0.15) is 33.4 Å². The van der Waals surface area contributed by atoms with Crippen LogP contribution in [0.25, 0.3) is 10.3 Å². The minimum Gasteiger partial charge on any atom is -0.459 e. The Kier molecular flexibility index (Phi) is 5.74. The summed E-state index contributed by atoms with van der Waals surface area (Å²) >= 11 is 1.41. The van der Waals surface area contributed by atoms with Crippen molar-refractivity contribution < 1.29 is 4.74 Å². The molecule has 9 heteroatoms. The van der Waals surface area contributed by atoms with Gasteiger partial charge in [-0.1, -0.05) is 35.6 Å². The van der Waals surface area contributed by atoms with Crippen molar-refractivity contribution in [1.82, 2.24) is 29.7 Å². The Morgan fingerprint density at radius 2 is 1.88 bits per heavy atom. The van der Waals surface area contributed by atoms with Crippen molar-refractivity contribution in [3.05, 3.63) is 94.6 Å². The molecule has 0 aliphatic carbocycles. The van der Waals surface area contributed by atoms with E-state index in [0.717, 1.165) is 33.7 Å². The Hall–Kier alpha value is -4.16. The highest BCUT2D eigenvalue weighted by Crippen LogP contribution is 2.30. The molecule has 0 fully saturated rings. The van der Waals surface area contributed by atoms with Crippen LogP contribution in [0.15, 0.2) is 67.1 Å². The number of aryl methyl sites for hydroxylation is 1. The van der Waals surface area contributed by atoms with Gasteiger partial charge in [0.2, 0.25) is 0 Å². The molecule has 5 aromatic rings. The summed E-state index contributed by atoms with van der Waals surface area (Å²) in [5, 5.41) is 14.7. The first-order chi connectivity index (χ1) is 16.2. The Bertz CT molecular complexity index is 1420. The topological polar surface area (TPSA) is 102 Å². The van der Waals surface area contributed by atoms with Crippen LogP contribution in [-0.4, -0.2) is 29.7 Å². The number of thiazole rings is 1. The fourth-order valence-electron chi connectivity index (χ4n) is 3.35. The lowest BCUT2D eigenvalue weighted by Gasteiger charge is -2.09. The maximum atomic E-state index is 9.82. The number of hydrogen-bond acceptors (Lipinski definition) is 8. The minimum absolute atomic E-state index is 0.225. The van der Waals surface area contributed by atoms with Crippen LogP contribution >= 0.6 is 11.3 Å². The van der Waals surface area contributed by atoms with Crippen LogP contribution in [0.5, 0.6) is 6.01 Å². The molecule has 4 aromatic heterocycles. The van der Waals surface area contributed by atoms with E-state index < -0.39 is 5.92 Å². The largest absolute Gasteiger partial charge is 0.459 e. The van der Waals surface area contributed by atoms with Gasteiger partial charge in [-0.25, -0.2) is 15.0 Å². The van der Waals surface area contributed by atoms with E-state index in [9.17, 15) is 5.26 Å². The molecule has 0 aliphatic rings. The van der Waals surface area contributed by atoms with E-state index in [1.807, 2.05) is 60.3 Å². The molecule has 1 aromatic carbocycles. The average molecular weight is 454 g/mol. The average Bonchev–Trinajstić information content (AvgIpc) is 3.49. The molecule has 0 aliphatic heterocycles. The molecule has 162 valence electrons. The van der Waals surface area contributed by atoms with Crippen LogP contribution in [-0.2, 0) is 13.2 Å². The van der Waals surface area contributed by atoms with Gasteiger partial charge in [0.05, 0.1) is 18.3 Å². The van der Waals surface area contributed by atoms with E-state index in [4.69, 9.17) is 4.74 Å². The van der Waals surface area contributed by atoms with Gasteiger partial charge in [-0.05, 0) is 42.3 Å². The van der Waals surface area contributed by atoms with Crippen LogP contribution in [0.3, 0.4) is 0 Å². The summed E-state index contributed by atoms with van der Waals surface area (Å²) in [4.78, 5) is 18.6. The van der Waals surface area contributed by atoms with Crippen molar-refractivity contribution in [3.8, 4) is 12.1 Å². The SMILES string of the molecule is Cc1ccc2nc(C(C#N)c3ccnc(OCc4ccc(Cn5cccn5)cc4)n3)sc2n1. The third-order valence-corrected chi connectivity index (χ3v) is 6.06. The Labute approximate surface area is 194 Å². The van der Waals surface area contributed by atoms with Gasteiger partial charge in [-0.15, -0.1) is 0 Å². The predicted molar refractivity (Wildman–Crippen MR) is 124 cm³/mol. The van der Waals surface area contributed by atoms with Crippen molar-refractivity contribution in [3.63, 3.8) is 0 Å². The molecule has 0 bridgehead atoms. The number of fused-ring (bicyclic) bond motifs is 1. The summed E-state index contributed by atoms with van der Waals surface area (Å²) in [5.41, 5.74) is 4.39. The molecule has 0 amide bonds. The monoisotopic (exact) mass is 453 g/mol. The summed E-state index contributed by atoms with van der Waals surface area (Å²) in [7, 11) is 0. The zero-order valence-electron chi connectivity index (χ0n) is 17.8. The second kappa shape index (κ2) is 9.14. The summed E-state index contributed by atoms with van der Waals surface area (Å²) in [5.74, 6) is -0.614. The molecule has 1 unspecified atom stereocenters. The second-order valence-corrected chi connectivity index (χ2v) is 8.47. The molecular weight excluding hydrogens is 434 g/mol. The molecule has 8 nitrogen and oxygen atoms in total. The van der Waals surface area contributed by atoms with Crippen molar-refractivity contribution in [2.24, 2.45) is 0 Å². The first-order valence-electron chi connectivity index (χ1n) is 10.3. The third kappa shape index (κ3) is 4.71. The molecule has 0 spiro atoms. The molecule has 5 rings (SSSR count). The molecule has 4 heterocycles. The van der Waals surface area contributed by atoms with E-state index in [1.54, 1.807) is 18.5 Å². The lowest BCUT2D eigenvalue weighted by molar-refractivity contribution is 0.279. The molecule has 33 heavy (non-hydrogen) atoms. The smallest absolute Gasteiger partial charge is 0.316 e. The van der Waals surface area contributed by atoms with Crippen LogP contribution < -0.4 is 4.74 Å². The van der Waals surface area contributed by atoms with Gasteiger partial charge in [0, 0.05) is 24.3 Å². The Balaban J connectivity index is 1.28. The maximum absolute atomic E-state index is 9.82. The zero-order valence-corrected chi connectivity index (χ0v) is 18.6. The van der Waals surface area contributed by atoms with Crippen molar-refractivity contribution in [1.29, 1.82) is 5.26 Å². The highest BCUT2D eigenvalue weighted by molar-refractivity contribution is 7.18. The minimum atomic E-state index is -0.614. The molecular formula is C24H19N7OS. The molecule has 0 saturated heterocycles. The lowest BCUT2D eigenvalue weighted by Crippen LogP contribution is -2.05. The number of aromatic nitrogens is 6. The van der Waals surface area contributed by atoms with Crippen molar-refractivity contribution in [2.75, 3.05) is 0 Å². The van der Waals surface area contributed by atoms with Crippen LogP contribution in [0, 0.1) is 18.3 Å². The van der Waals surface area contributed by atoms with Crippen LogP contribution in [0.2, 0.25) is 0 Å². The summed E-state index contributed by atoms with van der Waals surface area (Å²) in [6, 6.07) is 18.1. The normalized spacial score (nSPS) is 11.9. The van der Waals surface area contributed by atoms with E-state index in [-0.39, 0.29) is 6.01 Å². The van der Waals surface area contributed by atoms with Gasteiger partial charge in [0.25, 0.3) is 0 Å². The Morgan fingerprint density at radius 1 is 1.03 bits per heavy atom. The second-order valence-electron chi connectivity index (χ2n) is 7.46. The number of rotatable bonds is 7. The van der Waals surface area contributed by atoms with Gasteiger partial charge in [0.1, 0.15) is 27.9 Å². The van der Waals surface area contributed by atoms with Crippen molar-refractivity contribution in [2.45, 2.75) is 26.0 Å². The summed E-state index contributed by atoms with van der Waals surface area (Å²) in [6.07, 6.45) is 5.30. The fraction of sp³-hybridized carbons (Fsp3) is 0.167. The molecule has 0 N–H and O–H groups in total. The fourth-order valence-corrected chi connectivity index (χ4v) is 4.39. The van der Waals surface area contributed by atoms with Gasteiger partial charge in [-0.2, -0.15) is 15.3 Å². The molecule has 0 radical (unpaired) electrons. The van der Waals surface area contributed by atoms with Gasteiger partial charge in [-0.3, -0.25) is 4.68 Å². The van der Waals surface area contributed by atoms with Gasteiger partial charge in [0.15, 0.2) is 0 Å². The highest BCUT2D eigenvalue weighted by atomic mass is 32.1. The summed E-state index contributed by atoms with van der Waals surface area (Å²) in [6.45, 7) is 2.98. The van der Waals surface area contributed by atoms with Crippen LogP contribution in [0.4, 0.5) is 0 Å². The quantitative estimate of drug-likeness (QED) is 0.363. The van der Waals surface area contributed by atoms with E-state index in [2.05, 4.69) is 31.1 Å². The molecule has 0 saturated carbocycles. The third-order valence-electron chi connectivity index (χ3n) is 5.03. The lowest BCUT2D eigenvalue weighted by atomic mass is 10.1. The maximum Gasteiger partial charge on any atom is 0.316 e. The van der Waals surface area contributed by atoms with E-state index in [1.165, 1.54) is 11.3 Å². The van der Waals surface area contributed by atoms with Crippen molar-refractivity contribution >= 4 is 21.7 Å². The number of nitriles is 1. The summed E-state index contributed by atoms with van der Waals surface area (Å²) < 4.78 is 7.68. The number of pyridine rings is 1. The van der Waals surface area contributed by atoms with E-state index >= 15 is 0 Å². The molecule has 1 atom stereocenters. The van der Waals surface area contributed by atoms with E-state index in [0.29, 0.717) is 17.3 Å². The number of ether oxygens (including phenoxy) is 1. The first kappa shape index (κ1) is 20.7.